The van der Waals surface area contributed by atoms with Crippen molar-refractivity contribution in [2.75, 3.05) is 6.61 Å². The Balaban J connectivity index is 2.11. The fourth-order valence-electron chi connectivity index (χ4n) is 3.84. The molecule has 33 heavy (non-hydrogen) atoms. The molecule has 0 aliphatic carbocycles. The van der Waals surface area contributed by atoms with E-state index < -0.39 is 23.7 Å². The van der Waals surface area contributed by atoms with Gasteiger partial charge in [-0.3, -0.25) is 9.20 Å². The first-order chi connectivity index (χ1) is 15.5. The smallest absolute Gasteiger partial charge is 0.408 e. The lowest BCUT2D eigenvalue weighted by atomic mass is 9.96. The van der Waals surface area contributed by atoms with Crippen LogP contribution in [0.5, 0.6) is 0 Å². The predicted octanol–water partition coefficient (Wildman–Crippen LogP) is 5.28. The van der Waals surface area contributed by atoms with E-state index in [1.807, 2.05) is 30.5 Å². The zero-order valence-electron chi connectivity index (χ0n) is 19.9. The summed E-state index contributed by atoms with van der Waals surface area (Å²) in [6, 6.07) is 5.93. The third kappa shape index (κ3) is 5.88. The van der Waals surface area contributed by atoms with E-state index in [1.54, 1.807) is 40.0 Å². The Morgan fingerprint density at radius 2 is 1.82 bits per heavy atom. The van der Waals surface area contributed by atoms with Crippen LogP contribution in [0.4, 0.5) is 9.18 Å². The Labute approximate surface area is 192 Å². The second-order valence-electron chi connectivity index (χ2n) is 8.95. The van der Waals surface area contributed by atoms with Gasteiger partial charge < -0.3 is 14.8 Å². The molecule has 176 valence electrons. The lowest BCUT2D eigenvalue weighted by Gasteiger charge is -2.24. The van der Waals surface area contributed by atoms with E-state index in [-0.39, 0.29) is 18.8 Å². The number of hydrogen-bond donors (Lipinski definition) is 1. The second kappa shape index (κ2) is 9.60. The Kier molecular flexibility index (Phi) is 7.05. The highest BCUT2D eigenvalue weighted by Crippen LogP contribution is 2.32. The molecule has 0 saturated carbocycles. The van der Waals surface area contributed by atoms with Crippen LogP contribution in [0.25, 0.3) is 16.9 Å². The number of alkyl carbamates (subject to hydrolysis) is 1. The van der Waals surface area contributed by atoms with Crippen LogP contribution in [0.1, 0.15) is 56.8 Å². The number of nitrogens with one attached hydrogen (secondary N) is 1. The number of rotatable bonds is 6. The Bertz CT molecular complexity index is 1160. The average Bonchev–Trinajstić information content (AvgIpc) is 3.14. The van der Waals surface area contributed by atoms with Crippen LogP contribution in [-0.4, -0.2) is 33.7 Å². The zero-order valence-corrected chi connectivity index (χ0v) is 19.9. The van der Waals surface area contributed by atoms with E-state index in [4.69, 9.17) is 9.47 Å². The van der Waals surface area contributed by atoms with Gasteiger partial charge in [0.15, 0.2) is 0 Å². The van der Waals surface area contributed by atoms with Gasteiger partial charge >= 0.3 is 12.1 Å². The Morgan fingerprint density at radius 1 is 1.15 bits per heavy atom. The topological polar surface area (TPSA) is 81.9 Å². The van der Waals surface area contributed by atoms with Crippen LogP contribution in [0.3, 0.4) is 0 Å². The summed E-state index contributed by atoms with van der Waals surface area (Å²) < 4.78 is 26.4. The van der Waals surface area contributed by atoms with Gasteiger partial charge in [0.2, 0.25) is 0 Å². The quantitative estimate of drug-likeness (QED) is 0.512. The van der Waals surface area contributed by atoms with Crippen molar-refractivity contribution in [3.63, 3.8) is 0 Å². The Hall–Kier alpha value is -3.42. The number of nitrogens with zero attached hydrogens (tertiary/aromatic N) is 2. The van der Waals surface area contributed by atoms with Gasteiger partial charge in [-0.1, -0.05) is 0 Å². The van der Waals surface area contributed by atoms with E-state index in [9.17, 15) is 14.0 Å². The van der Waals surface area contributed by atoms with Crippen molar-refractivity contribution in [3.05, 3.63) is 59.2 Å². The molecule has 0 saturated heterocycles. The lowest BCUT2D eigenvalue weighted by Crippen LogP contribution is -2.36. The van der Waals surface area contributed by atoms with Gasteiger partial charge in [0.25, 0.3) is 0 Å². The summed E-state index contributed by atoms with van der Waals surface area (Å²) in [5.41, 5.74) is 3.75. The summed E-state index contributed by atoms with van der Waals surface area (Å²) in [5.74, 6) is -0.754. The van der Waals surface area contributed by atoms with E-state index in [0.29, 0.717) is 11.2 Å². The van der Waals surface area contributed by atoms with Gasteiger partial charge in [-0.15, -0.1) is 0 Å². The molecule has 7 nitrogen and oxygen atoms in total. The highest BCUT2D eigenvalue weighted by Gasteiger charge is 2.25. The molecular weight excluding hydrogens is 425 g/mol. The molecule has 0 aliphatic rings. The third-order valence-corrected chi connectivity index (χ3v) is 5.05. The maximum absolute atomic E-state index is 13.9. The normalized spacial score (nSPS) is 12.5. The number of ether oxygens (including phenoxy) is 2. The molecule has 2 aromatic heterocycles. The maximum Gasteiger partial charge on any atom is 0.408 e. The summed E-state index contributed by atoms with van der Waals surface area (Å²) in [6.07, 6.45) is 2.76. The van der Waals surface area contributed by atoms with Crippen molar-refractivity contribution in [2.24, 2.45) is 0 Å². The molecule has 1 aromatic carbocycles. The minimum absolute atomic E-state index is 0.0786. The number of imidazole rings is 1. The van der Waals surface area contributed by atoms with Crippen molar-refractivity contribution < 1.29 is 23.5 Å². The molecular formula is C25H30FN3O4. The number of aromatic nitrogens is 2. The molecule has 3 rings (SSSR count). The molecule has 0 aliphatic heterocycles. The molecule has 1 atom stereocenters. The molecule has 1 unspecified atom stereocenters. The van der Waals surface area contributed by atoms with Crippen molar-refractivity contribution in [1.82, 2.24) is 14.7 Å². The summed E-state index contributed by atoms with van der Waals surface area (Å²) >= 11 is 0. The number of fused-ring (bicyclic) bond motifs is 1. The van der Waals surface area contributed by atoms with Crippen molar-refractivity contribution in [2.45, 2.75) is 59.6 Å². The first-order valence-electron chi connectivity index (χ1n) is 10.9. The van der Waals surface area contributed by atoms with Crippen molar-refractivity contribution in [3.8, 4) is 11.3 Å². The van der Waals surface area contributed by atoms with Crippen LogP contribution in [0, 0.1) is 19.7 Å². The number of halogens is 1. The summed E-state index contributed by atoms with van der Waals surface area (Å²) in [5, 5.41) is 2.79. The van der Waals surface area contributed by atoms with Crippen LogP contribution >= 0.6 is 0 Å². The number of amides is 1. The van der Waals surface area contributed by atoms with Crippen LogP contribution in [-0.2, 0) is 14.3 Å². The summed E-state index contributed by atoms with van der Waals surface area (Å²) in [7, 11) is 0. The predicted molar refractivity (Wildman–Crippen MR) is 123 cm³/mol. The molecule has 0 radical (unpaired) electrons. The van der Waals surface area contributed by atoms with E-state index in [2.05, 4.69) is 10.3 Å². The minimum atomic E-state index is -0.708. The first kappa shape index (κ1) is 24.2. The average molecular weight is 456 g/mol. The Morgan fingerprint density at radius 3 is 2.42 bits per heavy atom. The number of esters is 1. The SMILES string of the molecule is CCOC(=O)CC(NC(=O)OC(C)(C)C)c1cc(-c2c(C)cc(F)cc2C)n2ccnc2c1. The molecule has 0 bridgehead atoms. The van der Waals surface area contributed by atoms with Gasteiger partial charge in [-0.05, 0) is 82.5 Å². The number of carbonyl (C=O) groups is 2. The molecule has 2 heterocycles. The molecule has 1 N–H and O–H groups in total. The summed E-state index contributed by atoms with van der Waals surface area (Å²) in [4.78, 5) is 29.3. The molecule has 8 heteroatoms. The standard InChI is InChI=1S/C25H30FN3O4/c1-7-32-22(30)14-19(28-24(31)33-25(4,5)6)17-12-20(29-9-8-27-21(29)13-17)23-15(2)10-18(26)11-16(23)3/h8-13,19H,7,14H2,1-6H3,(H,28,31). The third-order valence-electron chi connectivity index (χ3n) is 5.05. The minimum Gasteiger partial charge on any atom is -0.466 e. The maximum atomic E-state index is 13.9. The number of pyridine rings is 1. The fraction of sp³-hybridized carbons (Fsp3) is 0.400. The fourth-order valence-corrected chi connectivity index (χ4v) is 3.84. The van der Waals surface area contributed by atoms with Crippen molar-refractivity contribution in [1.29, 1.82) is 0 Å². The first-order valence-corrected chi connectivity index (χ1v) is 10.9. The van der Waals surface area contributed by atoms with E-state index in [0.717, 1.165) is 22.4 Å². The van der Waals surface area contributed by atoms with Gasteiger partial charge in [0.05, 0.1) is 24.8 Å². The molecule has 1 amide bonds. The largest absolute Gasteiger partial charge is 0.466 e. The van der Waals surface area contributed by atoms with Crippen molar-refractivity contribution >= 4 is 17.7 Å². The van der Waals surface area contributed by atoms with Crippen LogP contribution in [0.2, 0.25) is 0 Å². The van der Waals surface area contributed by atoms with Crippen LogP contribution < -0.4 is 5.32 Å². The number of benzene rings is 1. The number of aryl methyl sites for hydroxylation is 2. The van der Waals surface area contributed by atoms with Gasteiger partial charge in [-0.2, -0.15) is 0 Å². The zero-order chi connectivity index (χ0) is 24.3. The number of hydrogen-bond acceptors (Lipinski definition) is 5. The monoisotopic (exact) mass is 455 g/mol. The molecule has 3 aromatic rings. The van der Waals surface area contributed by atoms with E-state index in [1.165, 1.54) is 12.1 Å². The van der Waals surface area contributed by atoms with Gasteiger partial charge in [0, 0.05) is 18.0 Å². The summed E-state index contributed by atoms with van der Waals surface area (Å²) in [6.45, 7) is 10.9. The number of carbonyl (C=O) groups excluding carboxylic acids is 2. The highest BCUT2D eigenvalue weighted by molar-refractivity contribution is 5.75. The molecule has 0 spiro atoms. The second-order valence-corrected chi connectivity index (χ2v) is 8.95. The van der Waals surface area contributed by atoms with Gasteiger partial charge in [-0.25, -0.2) is 14.2 Å². The van der Waals surface area contributed by atoms with E-state index >= 15 is 0 Å². The molecule has 0 fully saturated rings. The lowest BCUT2D eigenvalue weighted by molar-refractivity contribution is -0.143. The van der Waals surface area contributed by atoms with Gasteiger partial charge in [0.1, 0.15) is 17.1 Å². The highest BCUT2D eigenvalue weighted by atomic mass is 19.1. The van der Waals surface area contributed by atoms with Crippen LogP contribution in [0.15, 0.2) is 36.7 Å².